The van der Waals surface area contributed by atoms with Gasteiger partial charge in [-0.3, -0.25) is 4.98 Å². The molecule has 0 spiro atoms. The van der Waals surface area contributed by atoms with Gasteiger partial charge in [0.1, 0.15) is 0 Å². The van der Waals surface area contributed by atoms with Crippen LogP contribution in [0.1, 0.15) is 16.2 Å². The molecule has 4 heteroatoms. The first-order valence-corrected chi connectivity index (χ1v) is 2.51. The molecule has 0 aliphatic heterocycles. The highest BCUT2D eigenvalue weighted by atomic mass is 16.4. The molecule has 0 aromatic carbocycles. The SMILES string of the molecule is [CH]c1cncc(C(=O)O)n1. The number of aromatic carboxylic acids is 1. The van der Waals surface area contributed by atoms with Crippen molar-refractivity contribution in [3.63, 3.8) is 0 Å². The first-order valence-electron chi connectivity index (χ1n) is 2.51. The Morgan fingerprint density at radius 2 is 2.30 bits per heavy atom. The van der Waals surface area contributed by atoms with E-state index in [1.54, 1.807) is 0 Å². The van der Waals surface area contributed by atoms with Crippen LogP contribution in [0.25, 0.3) is 0 Å². The van der Waals surface area contributed by atoms with E-state index in [2.05, 4.69) is 9.97 Å². The molecule has 0 aliphatic carbocycles. The summed E-state index contributed by atoms with van der Waals surface area (Å²) in [6.07, 6.45) is 2.42. The number of hydrogen-bond acceptors (Lipinski definition) is 3. The van der Waals surface area contributed by atoms with Crippen molar-refractivity contribution in [3.05, 3.63) is 30.7 Å². The number of rotatable bonds is 1. The van der Waals surface area contributed by atoms with Gasteiger partial charge in [0, 0.05) is 13.1 Å². The van der Waals surface area contributed by atoms with Crippen molar-refractivity contribution in [2.45, 2.75) is 0 Å². The van der Waals surface area contributed by atoms with Gasteiger partial charge in [-0.1, -0.05) is 0 Å². The van der Waals surface area contributed by atoms with Crippen molar-refractivity contribution in [2.24, 2.45) is 0 Å². The summed E-state index contributed by atoms with van der Waals surface area (Å²) in [7, 11) is 0. The Balaban J connectivity index is 3.07. The smallest absolute Gasteiger partial charge is 0.356 e. The summed E-state index contributed by atoms with van der Waals surface area (Å²) in [5.74, 6) is -1.13. The second-order valence-corrected chi connectivity index (χ2v) is 1.63. The van der Waals surface area contributed by atoms with Gasteiger partial charge in [-0.25, -0.2) is 9.78 Å². The summed E-state index contributed by atoms with van der Waals surface area (Å²) in [5, 5.41) is 8.35. The van der Waals surface area contributed by atoms with Crippen LogP contribution < -0.4 is 0 Å². The molecule has 10 heavy (non-hydrogen) atoms. The number of aromatic nitrogens is 2. The molecule has 1 heterocycles. The zero-order chi connectivity index (χ0) is 7.56. The first-order chi connectivity index (χ1) is 4.70. The predicted octanol–water partition coefficient (Wildman–Crippen LogP) is 0.234. The van der Waals surface area contributed by atoms with Crippen molar-refractivity contribution < 1.29 is 9.90 Å². The molecule has 1 aromatic heterocycles. The molecule has 0 saturated heterocycles. The lowest BCUT2D eigenvalue weighted by Crippen LogP contribution is -2.01. The minimum atomic E-state index is -1.13. The van der Waals surface area contributed by atoms with Crippen LogP contribution in [0.5, 0.6) is 0 Å². The highest BCUT2D eigenvalue weighted by molar-refractivity contribution is 5.84. The van der Waals surface area contributed by atoms with Gasteiger partial charge in [0.15, 0.2) is 5.69 Å². The van der Waals surface area contributed by atoms with Crippen LogP contribution in [-0.2, 0) is 0 Å². The Kier molecular flexibility index (Phi) is 1.62. The lowest BCUT2D eigenvalue weighted by molar-refractivity contribution is 0.0690. The van der Waals surface area contributed by atoms with Gasteiger partial charge in [-0.2, -0.15) is 0 Å². The second kappa shape index (κ2) is 2.43. The molecule has 0 unspecified atom stereocenters. The van der Waals surface area contributed by atoms with Crippen LogP contribution >= 0.6 is 0 Å². The molecule has 1 aromatic rings. The highest BCUT2D eigenvalue weighted by Crippen LogP contribution is 1.93. The summed E-state index contributed by atoms with van der Waals surface area (Å²) in [4.78, 5) is 17.2. The van der Waals surface area contributed by atoms with Crippen LogP contribution in [0.2, 0.25) is 0 Å². The van der Waals surface area contributed by atoms with Gasteiger partial charge in [-0.05, 0) is 0 Å². The minimum Gasteiger partial charge on any atom is -0.476 e. The third-order valence-corrected chi connectivity index (χ3v) is 0.872. The van der Waals surface area contributed by atoms with E-state index >= 15 is 0 Å². The normalized spacial score (nSPS) is 9.30. The van der Waals surface area contributed by atoms with Crippen molar-refractivity contribution >= 4 is 5.97 Å². The molecule has 4 nitrogen and oxygen atoms in total. The van der Waals surface area contributed by atoms with E-state index in [0.29, 0.717) is 0 Å². The van der Waals surface area contributed by atoms with E-state index < -0.39 is 5.97 Å². The first kappa shape index (κ1) is 6.67. The van der Waals surface area contributed by atoms with Gasteiger partial charge >= 0.3 is 5.97 Å². The van der Waals surface area contributed by atoms with E-state index in [0.717, 1.165) is 6.20 Å². The number of carboxylic acids is 1. The molecule has 0 atom stereocenters. The van der Waals surface area contributed by atoms with Gasteiger partial charge < -0.3 is 5.11 Å². The Bertz CT molecular complexity index is 260. The zero-order valence-electron chi connectivity index (χ0n) is 4.98. The molecule has 1 N–H and O–H groups in total. The average molecular weight is 136 g/mol. The lowest BCUT2D eigenvalue weighted by Gasteiger charge is -1.91. The fraction of sp³-hybridized carbons (Fsp3) is 0. The summed E-state index contributed by atoms with van der Waals surface area (Å²) in [6, 6.07) is 0. The van der Waals surface area contributed by atoms with Gasteiger partial charge in [-0.15, -0.1) is 0 Å². The molecule has 0 fully saturated rings. The molecule has 50 valence electrons. The zero-order valence-corrected chi connectivity index (χ0v) is 4.98. The van der Waals surface area contributed by atoms with Gasteiger partial charge in [0.05, 0.1) is 11.9 Å². The van der Waals surface area contributed by atoms with Gasteiger partial charge in [0.2, 0.25) is 0 Å². The Hall–Kier alpha value is -1.45. The molecule has 0 saturated carbocycles. The molecule has 0 amide bonds. The third-order valence-electron chi connectivity index (χ3n) is 0.872. The fourth-order valence-corrected chi connectivity index (χ4v) is 0.484. The lowest BCUT2D eigenvalue weighted by atomic mass is 10.4. The molecular formula is C6H4N2O2. The maximum atomic E-state index is 10.2. The van der Waals surface area contributed by atoms with Crippen LogP contribution in [0.3, 0.4) is 0 Å². The van der Waals surface area contributed by atoms with Crippen LogP contribution in [0, 0.1) is 6.92 Å². The fourth-order valence-electron chi connectivity index (χ4n) is 0.484. The van der Waals surface area contributed by atoms with Crippen LogP contribution in [-0.4, -0.2) is 21.0 Å². The van der Waals surface area contributed by atoms with E-state index in [-0.39, 0.29) is 11.4 Å². The number of hydrogen-bond donors (Lipinski definition) is 1. The monoisotopic (exact) mass is 136 g/mol. The minimum absolute atomic E-state index is 0.111. The Morgan fingerprint density at radius 3 is 2.70 bits per heavy atom. The predicted molar refractivity (Wildman–Crippen MR) is 32.4 cm³/mol. The number of carboxylic acid groups (broad SMARTS) is 1. The Labute approximate surface area is 57.6 Å². The van der Waals surface area contributed by atoms with Gasteiger partial charge in [0.25, 0.3) is 0 Å². The van der Waals surface area contributed by atoms with Crippen molar-refractivity contribution in [2.75, 3.05) is 0 Å². The van der Waals surface area contributed by atoms with E-state index in [9.17, 15) is 4.79 Å². The van der Waals surface area contributed by atoms with Crippen LogP contribution in [0.4, 0.5) is 0 Å². The second-order valence-electron chi connectivity index (χ2n) is 1.63. The number of nitrogens with zero attached hydrogens (tertiary/aromatic N) is 2. The Morgan fingerprint density at radius 1 is 1.60 bits per heavy atom. The van der Waals surface area contributed by atoms with E-state index in [1.165, 1.54) is 6.20 Å². The summed E-state index contributed by atoms with van der Waals surface area (Å²) in [5.41, 5.74) is -0.0279. The van der Waals surface area contributed by atoms with Crippen LogP contribution in [0.15, 0.2) is 12.4 Å². The standard InChI is InChI=1S/C6H4N2O2/c1-4-2-7-3-5(8-4)6(9)10/h1-3H,(H,9,10). The topological polar surface area (TPSA) is 63.1 Å². The third kappa shape index (κ3) is 1.28. The number of carbonyl (C=O) groups is 1. The molecule has 1 rings (SSSR count). The molecule has 0 aliphatic rings. The highest BCUT2D eigenvalue weighted by Gasteiger charge is 2.02. The summed E-state index contributed by atoms with van der Waals surface area (Å²) in [6.45, 7) is 5.16. The van der Waals surface area contributed by atoms with Crippen molar-refractivity contribution in [1.82, 2.24) is 9.97 Å². The average Bonchev–Trinajstić information content (AvgIpc) is 1.88. The van der Waals surface area contributed by atoms with E-state index in [4.69, 9.17) is 12.0 Å². The summed E-state index contributed by atoms with van der Waals surface area (Å²) < 4.78 is 0. The maximum Gasteiger partial charge on any atom is 0.356 e. The largest absolute Gasteiger partial charge is 0.476 e. The summed E-state index contributed by atoms with van der Waals surface area (Å²) >= 11 is 0. The maximum absolute atomic E-state index is 10.2. The molecular weight excluding hydrogens is 132 g/mol. The van der Waals surface area contributed by atoms with Crippen molar-refractivity contribution in [3.8, 4) is 0 Å². The quantitative estimate of drug-likeness (QED) is 0.600. The molecule has 0 bridgehead atoms. The van der Waals surface area contributed by atoms with E-state index in [1.807, 2.05) is 0 Å². The molecule has 2 radical (unpaired) electrons. The van der Waals surface area contributed by atoms with Crippen molar-refractivity contribution in [1.29, 1.82) is 0 Å².